The number of hydrogen-bond acceptors (Lipinski definition) is 1. The zero-order valence-corrected chi connectivity index (χ0v) is 2.88. The summed E-state index contributed by atoms with van der Waals surface area (Å²) in [5.74, 6) is 0. The van der Waals surface area contributed by atoms with Gasteiger partial charge in [0.2, 0.25) is 0 Å². The van der Waals surface area contributed by atoms with Gasteiger partial charge in [-0.3, -0.25) is 0 Å². The van der Waals surface area contributed by atoms with Crippen LogP contribution in [-0.2, 0) is 0 Å². The Morgan fingerprint density at radius 1 is 2.00 bits per heavy atom. The van der Waals surface area contributed by atoms with Gasteiger partial charge in [-0.2, -0.15) is 6.57 Å². The number of hydrogen-bond donors (Lipinski definition) is 1. The number of nitrogens with zero attached hydrogens (tertiary/aromatic N) is 2. The fourth-order valence-electron chi connectivity index (χ4n) is 0.0493. The van der Waals surface area contributed by atoms with Crippen molar-refractivity contribution in [3.05, 3.63) is 11.5 Å². The molecule has 2 N–H and O–H groups in total. The number of rotatable bonds is 0. The molecule has 0 saturated heterocycles. The Balaban J connectivity index is 3.13. The fourth-order valence-corrected chi connectivity index (χ4v) is 0.0493. The van der Waals surface area contributed by atoms with Crippen molar-refractivity contribution in [1.82, 2.24) is 5.43 Å². The smallest absolute Gasteiger partial charge is 0.344 e. The van der Waals surface area contributed by atoms with Crippen LogP contribution in [0.2, 0.25) is 0 Å². The van der Waals surface area contributed by atoms with Crippen molar-refractivity contribution in [2.45, 2.75) is 0 Å². The van der Waals surface area contributed by atoms with E-state index in [2.05, 4.69) is 16.1 Å². The molecular weight excluding hydrogens is 82.0 g/mol. The van der Waals surface area contributed by atoms with Crippen LogP contribution < -0.4 is 11.2 Å². The van der Waals surface area contributed by atoms with E-state index in [1.54, 1.807) is 0 Å². The zero-order valence-electron chi connectivity index (χ0n) is 2.88. The van der Waals surface area contributed by atoms with Gasteiger partial charge < -0.3 is 5.73 Å². The van der Waals surface area contributed by atoms with E-state index in [1.807, 2.05) is 0 Å². The quantitative estimate of drug-likeness (QED) is 0.312. The molecule has 6 heavy (non-hydrogen) atoms. The van der Waals surface area contributed by atoms with E-state index in [0.29, 0.717) is 0 Å². The summed E-state index contributed by atoms with van der Waals surface area (Å²) in [4.78, 5) is 11.8. The lowest BCUT2D eigenvalue weighted by Crippen LogP contribution is -2.15. The Hall–Kier alpha value is -1.24. The summed E-state index contributed by atoms with van der Waals surface area (Å²) in [5.41, 5.74) is 6.94. The van der Waals surface area contributed by atoms with Crippen molar-refractivity contribution >= 4 is 6.03 Å². The highest BCUT2D eigenvalue weighted by molar-refractivity contribution is 5.71. The molecule has 4 nitrogen and oxygen atoms in total. The molecule has 0 aliphatic rings. The Kier molecular flexibility index (Phi) is 1.61. The first kappa shape index (κ1) is 4.76. The second-order valence-corrected chi connectivity index (χ2v) is 0.538. The van der Waals surface area contributed by atoms with Crippen LogP contribution in [0.15, 0.2) is 0 Å². The van der Waals surface area contributed by atoms with Gasteiger partial charge in [-0.15, -0.1) is 4.95 Å². The first-order chi connectivity index (χ1) is 2.77. The van der Waals surface area contributed by atoms with Crippen molar-refractivity contribution in [3.63, 3.8) is 0 Å². The number of nitrogens with two attached hydrogens (primary N) is 1. The minimum absolute atomic E-state index is 0.940. The van der Waals surface area contributed by atoms with E-state index in [0.717, 1.165) is 0 Å². The Morgan fingerprint density at radius 2 is 2.50 bits per heavy atom. The molecule has 0 aliphatic carbocycles. The molecule has 0 saturated carbocycles. The molecule has 0 heterocycles. The molecule has 0 fully saturated rings. The highest BCUT2D eigenvalue weighted by Gasteiger charge is 1.91. The topological polar surface area (TPSA) is 61.6 Å². The van der Waals surface area contributed by atoms with Crippen LogP contribution >= 0.6 is 0 Å². The van der Waals surface area contributed by atoms with E-state index in [9.17, 15) is 4.79 Å². The van der Waals surface area contributed by atoms with Crippen molar-refractivity contribution in [3.8, 4) is 0 Å². The van der Waals surface area contributed by atoms with Gasteiger partial charge in [0.25, 0.3) is 0 Å². The van der Waals surface area contributed by atoms with Crippen molar-refractivity contribution in [1.29, 1.82) is 0 Å². The van der Waals surface area contributed by atoms with Crippen LogP contribution in [0.25, 0.3) is 4.95 Å². The monoisotopic (exact) mass is 84.0 g/mol. The molecule has 1 radical (unpaired) electrons. The maximum Gasteiger partial charge on any atom is 0.413 e. The summed E-state index contributed by atoms with van der Waals surface area (Å²) in [7, 11) is 0. The molecule has 0 aliphatic heterocycles. The van der Waals surface area contributed by atoms with Crippen LogP contribution in [0.4, 0.5) is 4.79 Å². The molecule has 0 atom stereocenters. The first-order valence-corrected chi connectivity index (χ1v) is 1.14. The number of amides is 2. The standard InChI is InChI=1S/C2H2N3O/c1-4-5-2(3)6/h(H2,3,6). The van der Waals surface area contributed by atoms with Crippen LogP contribution in [0.3, 0.4) is 0 Å². The van der Waals surface area contributed by atoms with E-state index in [1.165, 1.54) is 0 Å². The van der Waals surface area contributed by atoms with Gasteiger partial charge in [0, 0.05) is 0 Å². The number of primary amides is 1. The summed E-state index contributed by atoms with van der Waals surface area (Å²) in [6.07, 6.45) is 0. The second-order valence-electron chi connectivity index (χ2n) is 0.538. The third-order valence-corrected chi connectivity index (χ3v) is 0.149. The van der Waals surface area contributed by atoms with Crippen molar-refractivity contribution in [2.75, 3.05) is 0 Å². The molecule has 0 aromatic rings. The van der Waals surface area contributed by atoms with Crippen LogP contribution in [0.1, 0.15) is 0 Å². The molecule has 0 spiro atoms. The summed E-state index contributed by atoms with van der Waals surface area (Å²) in [5, 5.41) is 0. The van der Waals surface area contributed by atoms with E-state index >= 15 is 0 Å². The highest BCUT2D eigenvalue weighted by atomic mass is 16.2. The van der Waals surface area contributed by atoms with Crippen molar-refractivity contribution in [2.24, 2.45) is 5.73 Å². The van der Waals surface area contributed by atoms with Gasteiger partial charge in [0.05, 0.1) is 0 Å². The second kappa shape index (κ2) is 2.03. The number of carbonyl (C=O) groups excluding carboxylic acids is 1. The van der Waals surface area contributed by atoms with E-state index in [-0.39, 0.29) is 0 Å². The van der Waals surface area contributed by atoms with Gasteiger partial charge in [-0.25, -0.2) is 4.79 Å². The maximum absolute atomic E-state index is 9.44. The predicted octanol–water partition coefficient (Wildman–Crippen LogP) is -0.496. The van der Waals surface area contributed by atoms with Crippen LogP contribution in [0.5, 0.6) is 0 Å². The zero-order chi connectivity index (χ0) is 4.99. The third kappa shape index (κ3) is 2.76. The number of urea groups is 1. The van der Waals surface area contributed by atoms with Crippen molar-refractivity contribution < 1.29 is 4.79 Å². The van der Waals surface area contributed by atoms with E-state index < -0.39 is 6.03 Å². The molecule has 0 aromatic carbocycles. The lowest BCUT2D eigenvalue weighted by molar-refractivity contribution is 0.251. The van der Waals surface area contributed by atoms with Gasteiger partial charge >= 0.3 is 6.03 Å². The molecule has 4 heteroatoms. The summed E-state index contributed by atoms with van der Waals surface area (Å²) < 4.78 is 0. The lowest BCUT2D eigenvalue weighted by atomic mass is 11.2. The molecule has 31 valence electrons. The van der Waals surface area contributed by atoms with Gasteiger partial charge in [-0.1, -0.05) is 0 Å². The van der Waals surface area contributed by atoms with Crippen LogP contribution in [-0.4, -0.2) is 6.03 Å². The third-order valence-electron chi connectivity index (χ3n) is 0.149. The molecule has 0 unspecified atom stereocenters. The molecule has 0 aromatic heterocycles. The molecule has 0 rings (SSSR count). The largest absolute Gasteiger partial charge is 0.413 e. The molecular formula is C2H2N3O. The maximum atomic E-state index is 9.44. The Labute approximate surface area is 34.7 Å². The summed E-state index contributed by atoms with van der Waals surface area (Å²) >= 11 is 0. The van der Waals surface area contributed by atoms with E-state index in [4.69, 9.17) is 6.57 Å². The molecule has 2 amide bonds. The summed E-state index contributed by atoms with van der Waals surface area (Å²) in [6, 6.07) is -0.940. The average Bonchev–Trinajstić information content (AvgIpc) is 1.35. The molecule has 0 bridgehead atoms. The van der Waals surface area contributed by atoms with Gasteiger partial charge in [0.1, 0.15) is 0 Å². The Bertz CT molecular complexity index is 91.5. The van der Waals surface area contributed by atoms with Gasteiger partial charge in [-0.05, 0) is 0 Å². The average molecular weight is 84.1 g/mol. The first-order valence-electron chi connectivity index (χ1n) is 1.14. The minimum atomic E-state index is -0.940. The summed E-state index contributed by atoms with van der Waals surface area (Å²) in [6.45, 7) is 5.89. The lowest BCUT2D eigenvalue weighted by Gasteiger charge is -1.66. The van der Waals surface area contributed by atoms with Crippen LogP contribution in [0, 0.1) is 6.57 Å². The highest BCUT2D eigenvalue weighted by Crippen LogP contribution is 1.54. The normalized spacial score (nSPS) is 5.83. The number of carbonyl (C=O) groups is 1. The fraction of sp³-hybridized carbons (Fsp3) is 0. The minimum Gasteiger partial charge on any atom is -0.344 e. The Morgan fingerprint density at radius 3 is 2.50 bits per heavy atom. The predicted molar refractivity (Wildman–Crippen MR) is 18.3 cm³/mol. The SMILES string of the molecule is [C-]#[N+][N]C(N)=O. The van der Waals surface area contributed by atoms with Gasteiger partial charge in [0.15, 0.2) is 5.43 Å².